The lowest BCUT2D eigenvalue weighted by Gasteiger charge is -2.07. The van der Waals surface area contributed by atoms with Crippen LogP contribution in [0.15, 0.2) is 73.4 Å². The summed E-state index contributed by atoms with van der Waals surface area (Å²) in [5, 5.41) is 0. The summed E-state index contributed by atoms with van der Waals surface area (Å²) >= 11 is 0. The molecule has 0 aliphatic carbocycles. The fourth-order valence-electron chi connectivity index (χ4n) is 3.09. The molecule has 0 radical (unpaired) electrons. The van der Waals surface area contributed by atoms with Crippen molar-refractivity contribution in [2.45, 2.75) is 12.8 Å². The van der Waals surface area contributed by atoms with Crippen molar-refractivity contribution in [2.24, 2.45) is 0 Å². The maximum atomic E-state index is 14.5. The standard InChI is InChI=1S/C23H16F2N4O/c24-21-10-15(1-4-20(21)16-5-6-28-23(25)11-16)9-19(30)12-18-3-2-17(13-29-18)22-14-26-7-8-27-22/h1-8,10-11,13-14H,9,12H2. The summed E-state index contributed by atoms with van der Waals surface area (Å²) in [4.78, 5) is 28.4. The minimum atomic E-state index is -0.677. The van der Waals surface area contributed by atoms with Crippen molar-refractivity contribution < 1.29 is 13.6 Å². The number of ketones is 1. The molecule has 3 aromatic heterocycles. The van der Waals surface area contributed by atoms with E-state index in [1.54, 1.807) is 43.0 Å². The van der Waals surface area contributed by atoms with Crippen molar-refractivity contribution in [1.82, 2.24) is 19.9 Å². The molecular formula is C23H16F2N4O. The zero-order valence-electron chi connectivity index (χ0n) is 15.8. The van der Waals surface area contributed by atoms with Crippen molar-refractivity contribution in [3.8, 4) is 22.4 Å². The van der Waals surface area contributed by atoms with Crippen LogP contribution in [0.25, 0.3) is 22.4 Å². The Morgan fingerprint density at radius 2 is 1.70 bits per heavy atom. The van der Waals surface area contributed by atoms with Gasteiger partial charge in [0, 0.05) is 60.5 Å². The average molecular weight is 402 g/mol. The predicted octanol–water partition coefficient (Wildman–Crippen LogP) is 4.23. The van der Waals surface area contributed by atoms with E-state index in [0.29, 0.717) is 22.5 Å². The largest absolute Gasteiger partial charge is 0.299 e. The first-order valence-corrected chi connectivity index (χ1v) is 9.22. The summed E-state index contributed by atoms with van der Waals surface area (Å²) < 4.78 is 27.7. The quantitative estimate of drug-likeness (QED) is 0.452. The zero-order chi connectivity index (χ0) is 20.9. The fourth-order valence-corrected chi connectivity index (χ4v) is 3.09. The van der Waals surface area contributed by atoms with Crippen LogP contribution in [-0.4, -0.2) is 25.7 Å². The van der Waals surface area contributed by atoms with Gasteiger partial charge in [-0.1, -0.05) is 12.1 Å². The van der Waals surface area contributed by atoms with E-state index in [2.05, 4.69) is 19.9 Å². The van der Waals surface area contributed by atoms with Gasteiger partial charge in [0.25, 0.3) is 0 Å². The van der Waals surface area contributed by atoms with Crippen LogP contribution in [0.2, 0.25) is 0 Å². The van der Waals surface area contributed by atoms with Gasteiger partial charge >= 0.3 is 0 Å². The molecule has 1 aromatic carbocycles. The molecule has 4 rings (SSSR count). The van der Waals surface area contributed by atoms with Crippen LogP contribution in [0.4, 0.5) is 8.78 Å². The molecule has 0 saturated carbocycles. The summed E-state index contributed by atoms with van der Waals surface area (Å²) in [6.07, 6.45) is 7.98. The van der Waals surface area contributed by atoms with Gasteiger partial charge in [0.05, 0.1) is 11.9 Å². The summed E-state index contributed by atoms with van der Waals surface area (Å²) in [6.45, 7) is 0. The molecule has 0 N–H and O–H groups in total. The highest BCUT2D eigenvalue weighted by Crippen LogP contribution is 2.24. The van der Waals surface area contributed by atoms with Crippen molar-refractivity contribution in [3.05, 3.63) is 96.5 Å². The number of Topliss-reactive ketones (excluding diaryl/α,β-unsaturated/α-hetero) is 1. The summed E-state index contributed by atoms with van der Waals surface area (Å²) in [6, 6.07) is 10.8. The first-order valence-electron chi connectivity index (χ1n) is 9.22. The average Bonchev–Trinajstić information content (AvgIpc) is 2.75. The van der Waals surface area contributed by atoms with Gasteiger partial charge in [-0.05, 0) is 35.4 Å². The highest BCUT2D eigenvalue weighted by Gasteiger charge is 2.11. The van der Waals surface area contributed by atoms with Crippen LogP contribution in [0.5, 0.6) is 0 Å². The second-order valence-electron chi connectivity index (χ2n) is 6.70. The summed E-state index contributed by atoms with van der Waals surface area (Å²) in [5.41, 5.74) is 3.33. The zero-order valence-corrected chi connectivity index (χ0v) is 15.8. The molecule has 0 saturated heterocycles. The highest BCUT2D eigenvalue weighted by molar-refractivity contribution is 5.83. The molecule has 0 unspecified atom stereocenters. The van der Waals surface area contributed by atoms with Gasteiger partial charge in [-0.25, -0.2) is 9.37 Å². The highest BCUT2D eigenvalue weighted by atomic mass is 19.1. The van der Waals surface area contributed by atoms with Crippen LogP contribution in [0, 0.1) is 11.8 Å². The minimum Gasteiger partial charge on any atom is -0.299 e. The number of hydrogen-bond donors (Lipinski definition) is 0. The number of carbonyl (C=O) groups excluding carboxylic acids is 1. The number of benzene rings is 1. The number of rotatable bonds is 6. The van der Waals surface area contributed by atoms with Gasteiger partial charge in [0.15, 0.2) is 0 Å². The Kier molecular flexibility index (Phi) is 5.61. The molecule has 0 bridgehead atoms. The van der Waals surface area contributed by atoms with Gasteiger partial charge in [-0.15, -0.1) is 0 Å². The number of nitrogens with zero attached hydrogens (tertiary/aromatic N) is 4. The molecule has 0 spiro atoms. The third-order valence-electron chi connectivity index (χ3n) is 4.53. The maximum Gasteiger partial charge on any atom is 0.213 e. The second kappa shape index (κ2) is 8.65. The Labute approximate surface area is 171 Å². The van der Waals surface area contributed by atoms with Gasteiger partial charge in [0.1, 0.15) is 11.6 Å². The molecule has 5 nitrogen and oxygen atoms in total. The number of hydrogen-bond acceptors (Lipinski definition) is 5. The Morgan fingerprint density at radius 1 is 0.800 bits per heavy atom. The Morgan fingerprint density at radius 3 is 2.40 bits per heavy atom. The summed E-state index contributed by atoms with van der Waals surface area (Å²) in [5.74, 6) is -1.28. The van der Waals surface area contributed by atoms with Gasteiger partial charge < -0.3 is 0 Å². The number of aromatic nitrogens is 4. The predicted molar refractivity (Wildman–Crippen MR) is 107 cm³/mol. The lowest BCUT2D eigenvalue weighted by atomic mass is 10.0. The van der Waals surface area contributed by atoms with Gasteiger partial charge in [0.2, 0.25) is 5.95 Å². The molecule has 0 amide bonds. The van der Waals surface area contributed by atoms with E-state index in [9.17, 15) is 13.6 Å². The molecule has 3 heterocycles. The lowest BCUT2D eigenvalue weighted by molar-refractivity contribution is -0.117. The van der Waals surface area contributed by atoms with Crippen molar-refractivity contribution >= 4 is 5.78 Å². The molecule has 148 valence electrons. The number of carbonyl (C=O) groups is 1. The van der Waals surface area contributed by atoms with E-state index >= 15 is 0 Å². The van der Waals surface area contributed by atoms with E-state index in [1.807, 2.05) is 6.07 Å². The summed E-state index contributed by atoms with van der Waals surface area (Å²) in [7, 11) is 0. The lowest BCUT2D eigenvalue weighted by Crippen LogP contribution is -2.08. The second-order valence-corrected chi connectivity index (χ2v) is 6.70. The molecule has 0 aliphatic heterocycles. The maximum absolute atomic E-state index is 14.5. The monoisotopic (exact) mass is 402 g/mol. The molecule has 0 aliphatic rings. The number of pyridine rings is 2. The smallest absolute Gasteiger partial charge is 0.213 e. The first-order chi connectivity index (χ1) is 14.6. The Bertz CT molecular complexity index is 1180. The molecule has 4 aromatic rings. The molecule has 0 fully saturated rings. The Balaban J connectivity index is 1.42. The molecule has 30 heavy (non-hydrogen) atoms. The third-order valence-corrected chi connectivity index (χ3v) is 4.53. The molecule has 0 atom stereocenters. The van der Waals surface area contributed by atoms with Crippen molar-refractivity contribution in [2.75, 3.05) is 0 Å². The first kappa shape index (κ1) is 19.4. The minimum absolute atomic E-state index is 0.0789. The van der Waals surface area contributed by atoms with Crippen LogP contribution >= 0.6 is 0 Å². The normalized spacial score (nSPS) is 10.7. The SMILES string of the molecule is O=C(Cc1ccc(-c2ccnc(F)c2)c(F)c1)Cc1ccc(-c2cnccn2)cn1. The van der Waals surface area contributed by atoms with Crippen LogP contribution < -0.4 is 0 Å². The van der Waals surface area contributed by atoms with E-state index < -0.39 is 11.8 Å². The number of halogens is 2. The molecule has 7 heteroatoms. The van der Waals surface area contributed by atoms with E-state index in [0.717, 1.165) is 5.56 Å². The van der Waals surface area contributed by atoms with Crippen molar-refractivity contribution in [1.29, 1.82) is 0 Å². The van der Waals surface area contributed by atoms with Crippen LogP contribution in [0.3, 0.4) is 0 Å². The topological polar surface area (TPSA) is 68.6 Å². The van der Waals surface area contributed by atoms with E-state index in [-0.39, 0.29) is 24.2 Å². The Hall–Kier alpha value is -3.87. The fraction of sp³-hybridized carbons (Fsp3) is 0.0870. The van der Waals surface area contributed by atoms with Crippen molar-refractivity contribution in [3.63, 3.8) is 0 Å². The van der Waals surface area contributed by atoms with Gasteiger partial charge in [-0.2, -0.15) is 4.39 Å². The van der Waals surface area contributed by atoms with E-state index in [1.165, 1.54) is 24.4 Å². The van der Waals surface area contributed by atoms with Crippen LogP contribution in [0.1, 0.15) is 11.3 Å². The molecular weight excluding hydrogens is 386 g/mol. The van der Waals surface area contributed by atoms with Crippen LogP contribution in [-0.2, 0) is 17.6 Å². The van der Waals surface area contributed by atoms with Gasteiger partial charge in [-0.3, -0.25) is 19.7 Å². The van der Waals surface area contributed by atoms with E-state index in [4.69, 9.17) is 0 Å². The third kappa shape index (κ3) is 4.57.